The number of nitrogens with zero attached hydrogens (tertiary/aromatic N) is 1. The van der Waals surface area contributed by atoms with Crippen LogP contribution in [0, 0.1) is 0 Å². The Labute approximate surface area is 165 Å². The molecule has 1 aliphatic carbocycles. The Balaban J connectivity index is 1.93. The van der Waals surface area contributed by atoms with Crippen LogP contribution in [0.2, 0.25) is 0 Å². The fourth-order valence-corrected chi connectivity index (χ4v) is 4.21. The van der Waals surface area contributed by atoms with Crippen LogP contribution in [0.5, 0.6) is 11.5 Å². The Morgan fingerprint density at radius 1 is 1.04 bits per heavy atom. The average Bonchev–Trinajstić information content (AvgIpc) is 2.71. The maximum Gasteiger partial charge on any atom is 0.311 e. The Morgan fingerprint density at radius 3 is 2.54 bits per heavy atom. The normalized spacial score (nSPS) is 17.5. The number of benzene rings is 2. The number of hydrogen-bond donors (Lipinski definition) is 0. The highest BCUT2D eigenvalue weighted by Gasteiger charge is 2.35. The molecule has 2 aromatic rings. The fourth-order valence-electron chi connectivity index (χ4n) is 4.21. The summed E-state index contributed by atoms with van der Waals surface area (Å²) >= 11 is 0. The smallest absolute Gasteiger partial charge is 0.311 e. The second-order valence-electron chi connectivity index (χ2n) is 7.41. The Hall–Kier alpha value is -2.66. The van der Waals surface area contributed by atoms with Crippen molar-refractivity contribution in [3.63, 3.8) is 0 Å². The molecule has 0 fully saturated rings. The topological polar surface area (TPSA) is 55.8 Å². The molecule has 2 aliphatic rings. The highest BCUT2D eigenvalue weighted by molar-refractivity contribution is 5.87. The molecule has 0 N–H and O–H groups in total. The van der Waals surface area contributed by atoms with Crippen molar-refractivity contribution in [2.75, 3.05) is 13.6 Å². The third-order valence-electron chi connectivity index (χ3n) is 5.70. The summed E-state index contributed by atoms with van der Waals surface area (Å²) in [5, 5.41) is 0. The minimum absolute atomic E-state index is 0.253. The summed E-state index contributed by atoms with van der Waals surface area (Å²) in [4.78, 5) is 26.5. The molecule has 0 saturated carbocycles. The first kappa shape index (κ1) is 18.7. The molecule has 0 radical (unpaired) electrons. The van der Waals surface area contributed by atoms with Gasteiger partial charge in [-0.25, -0.2) is 0 Å². The highest BCUT2D eigenvalue weighted by atomic mass is 16.6. The van der Waals surface area contributed by atoms with E-state index in [4.69, 9.17) is 9.47 Å². The van der Waals surface area contributed by atoms with E-state index in [1.807, 2.05) is 6.07 Å². The third kappa shape index (κ3) is 3.10. The summed E-state index contributed by atoms with van der Waals surface area (Å²) in [6, 6.07) is 10.4. The average molecular weight is 379 g/mol. The number of rotatable bonds is 4. The first-order valence-electron chi connectivity index (χ1n) is 9.93. The molecule has 5 heteroatoms. The van der Waals surface area contributed by atoms with Gasteiger partial charge in [0.1, 0.15) is 0 Å². The number of ether oxygens (including phenoxy) is 2. The molecule has 28 heavy (non-hydrogen) atoms. The van der Waals surface area contributed by atoms with Crippen LogP contribution in [0.4, 0.5) is 0 Å². The number of esters is 2. The largest absolute Gasteiger partial charge is 0.422 e. The van der Waals surface area contributed by atoms with E-state index in [9.17, 15) is 9.59 Å². The van der Waals surface area contributed by atoms with Crippen molar-refractivity contribution in [3.05, 3.63) is 47.0 Å². The molecular weight excluding hydrogens is 354 g/mol. The van der Waals surface area contributed by atoms with Crippen LogP contribution < -0.4 is 9.47 Å². The molecular formula is C23H25NO4. The molecule has 0 unspecified atom stereocenters. The summed E-state index contributed by atoms with van der Waals surface area (Å²) in [6.07, 6.45) is 2.35. The zero-order chi connectivity index (χ0) is 19.8. The lowest BCUT2D eigenvalue weighted by atomic mass is 9.77. The van der Waals surface area contributed by atoms with Gasteiger partial charge in [0.25, 0.3) is 0 Å². The minimum atomic E-state index is -0.350. The van der Waals surface area contributed by atoms with Gasteiger partial charge in [0.15, 0.2) is 11.5 Å². The summed E-state index contributed by atoms with van der Waals surface area (Å²) in [5.41, 5.74) is 5.71. The second-order valence-corrected chi connectivity index (χ2v) is 7.41. The summed E-state index contributed by atoms with van der Waals surface area (Å²) in [5.74, 6) is -0.0117. The van der Waals surface area contributed by atoms with E-state index in [1.165, 1.54) is 11.1 Å². The lowest BCUT2D eigenvalue weighted by Gasteiger charge is -2.40. The van der Waals surface area contributed by atoms with Crippen LogP contribution in [0.3, 0.4) is 0 Å². The van der Waals surface area contributed by atoms with Gasteiger partial charge < -0.3 is 9.47 Å². The predicted octanol–water partition coefficient (Wildman–Crippen LogP) is 4.07. The Morgan fingerprint density at radius 2 is 1.79 bits per heavy atom. The second kappa shape index (κ2) is 7.40. The van der Waals surface area contributed by atoms with Gasteiger partial charge in [-0.05, 0) is 48.2 Å². The number of carbonyl (C=O) groups is 2. The Kier molecular flexibility index (Phi) is 4.94. The van der Waals surface area contributed by atoms with Crippen molar-refractivity contribution >= 4 is 11.9 Å². The van der Waals surface area contributed by atoms with E-state index in [2.05, 4.69) is 30.1 Å². The maximum atomic E-state index is 12.2. The first-order chi connectivity index (χ1) is 13.5. The van der Waals surface area contributed by atoms with E-state index in [0.29, 0.717) is 17.5 Å². The zero-order valence-electron chi connectivity index (χ0n) is 16.6. The van der Waals surface area contributed by atoms with Crippen molar-refractivity contribution in [1.29, 1.82) is 0 Å². The molecule has 5 nitrogen and oxygen atoms in total. The van der Waals surface area contributed by atoms with E-state index in [0.717, 1.165) is 36.1 Å². The highest BCUT2D eigenvalue weighted by Crippen LogP contribution is 2.50. The van der Waals surface area contributed by atoms with Crippen LogP contribution in [0.15, 0.2) is 30.3 Å². The van der Waals surface area contributed by atoms with Gasteiger partial charge in [-0.3, -0.25) is 14.5 Å². The van der Waals surface area contributed by atoms with E-state index >= 15 is 0 Å². The number of hydrogen-bond acceptors (Lipinski definition) is 5. The number of fused-ring (bicyclic) bond motifs is 2. The monoisotopic (exact) mass is 379 g/mol. The van der Waals surface area contributed by atoms with Gasteiger partial charge in [0.05, 0.1) is 0 Å². The van der Waals surface area contributed by atoms with Gasteiger partial charge in [-0.2, -0.15) is 0 Å². The molecule has 0 amide bonds. The molecule has 1 aliphatic heterocycles. The summed E-state index contributed by atoms with van der Waals surface area (Å²) in [6.45, 7) is 4.53. The van der Waals surface area contributed by atoms with E-state index in [-0.39, 0.29) is 24.8 Å². The fraction of sp³-hybridized carbons (Fsp3) is 0.391. The van der Waals surface area contributed by atoms with Crippen LogP contribution in [0.1, 0.15) is 49.4 Å². The van der Waals surface area contributed by atoms with Crippen molar-refractivity contribution in [2.24, 2.45) is 0 Å². The zero-order valence-corrected chi connectivity index (χ0v) is 16.6. The van der Waals surface area contributed by atoms with E-state index in [1.54, 1.807) is 19.9 Å². The van der Waals surface area contributed by atoms with Crippen LogP contribution in [-0.4, -0.2) is 30.4 Å². The molecule has 0 saturated heterocycles. The van der Waals surface area contributed by atoms with Crippen LogP contribution in [0.25, 0.3) is 11.1 Å². The predicted molar refractivity (Wildman–Crippen MR) is 107 cm³/mol. The van der Waals surface area contributed by atoms with Gasteiger partial charge in [0.2, 0.25) is 0 Å². The van der Waals surface area contributed by atoms with Crippen LogP contribution >= 0.6 is 0 Å². The molecule has 146 valence electrons. The molecule has 0 bridgehead atoms. The van der Waals surface area contributed by atoms with Gasteiger partial charge >= 0.3 is 11.9 Å². The number of likely N-dealkylation sites (N-methyl/N-ethyl adjacent to an activating group) is 1. The van der Waals surface area contributed by atoms with Crippen molar-refractivity contribution < 1.29 is 19.1 Å². The van der Waals surface area contributed by atoms with E-state index < -0.39 is 0 Å². The maximum absolute atomic E-state index is 12.2. The summed E-state index contributed by atoms with van der Waals surface area (Å²) < 4.78 is 11.2. The molecule has 1 heterocycles. The molecule has 0 aromatic heterocycles. The van der Waals surface area contributed by atoms with Crippen LogP contribution in [-0.2, 0) is 22.4 Å². The third-order valence-corrected chi connectivity index (χ3v) is 5.70. The van der Waals surface area contributed by atoms with Crippen molar-refractivity contribution in [2.45, 2.75) is 45.6 Å². The summed E-state index contributed by atoms with van der Waals surface area (Å²) in [7, 11) is 2.16. The number of carbonyl (C=O) groups excluding carboxylic acids is 2. The lowest BCUT2D eigenvalue weighted by Crippen LogP contribution is -2.35. The van der Waals surface area contributed by atoms with Gasteiger partial charge in [0, 0.05) is 31.0 Å². The van der Waals surface area contributed by atoms with Crippen molar-refractivity contribution in [3.8, 4) is 22.6 Å². The lowest BCUT2D eigenvalue weighted by molar-refractivity contribution is -0.136. The quantitative estimate of drug-likeness (QED) is 0.592. The molecule has 2 aromatic carbocycles. The SMILES string of the molecule is CCC(=O)Oc1ccc2c(c1OC(=O)CC)-c1cccc3c1[C@@H](C2)N(C)CC3. The molecule has 0 spiro atoms. The van der Waals surface area contributed by atoms with Gasteiger partial charge in [-0.1, -0.05) is 38.1 Å². The minimum Gasteiger partial charge on any atom is -0.422 e. The Bertz CT molecular complexity index is 950. The first-order valence-corrected chi connectivity index (χ1v) is 9.93. The molecule has 1 atom stereocenters. The van der Waals surface area contributed by atoms with Gasteiger partial charge in [-0.15, -0.1) is 0 Å². The van der Waals surface area contributed by atoms with Crippen molar-refractivity contribution in [1.82, 2.24) is 4.90 Å². The standard InChI is InChI=1S/C23H25NO4/c1-4-19(25)27-18-10-9-15-13-17-21-14(11-12-24(17)3)7-6-8-16(21)22(15)23(18)28-20(26)5-2/h6-10,17H,4-5,11-13H2,1-3H3/t17-/m1/s1. The molecule has 4 rings (SSSR count).